The number of methoxy groups -OCH3 is 1. The maximum absolute atomic E-state index is 11.5. The summed E-state index contributed by atoms with van der Waals surface area (Å²) in [6.07, 6.45) is 6.59. The second-order valence-electron chi connectivity index (χ2n) is 12.7. The fourth-order valence-electron chi connectivity index (χ4n) is 6.68. The van der Waals surface area contributed by atoms with Crippen LogP contribution in [0.25, 0.3) is 39.2 Å². The average molecular weight is 714 g/mol. The first kappa shape index (κ1) is 33.9. The number of pyridine rings is 1. The van der Waals surface area contributed by atoms with Gasteiger partial charge >= 0.3 is 0 Å². The molecule has 0 spiro atoms. The van der Waals surface area contributed by atoms with Crippen molar-refractivity contribution in [2.24, 2.45) is 0 Å². The van der Waals surface area contributed by atoms with Gasteiger partial charge in [-0.15, -0.1) is 0 Å². The molecule has 4 N–H and O–H groups in total. The lowest BCUT2D eigenvalue weighted by molar-refractivity contribution is -0.120. The molecular formula is C37H38Cl2N8O3. The molecular weight excluding hydrogens is 675 g/mol. The molecule has 2 aliphatic heterocycles. The van der Waals surface area contributed by atoms with Crippen LogP contribution in [0.15, 0.2) is 60.9 Å². The summed E-state index contributed by atoms with van der Waals surface area (Å²) in [7, 11) is 1.60. The van der Waals surface area contributed by atoms with Crippen molar-refractivity contribution < 1.29 is 14.3 Å². The Kier molecular flexibility index (Phi) is 10.0. The smallest absolute Gasteiger partial charge is 0.220 e. The summed E-state index contributed by atoms with van der Waals surface area (Å²) >= 11 is 14.2. The lowest BCUT2D eigenvalue weighted by Gasteiger charge is -2.15. The van der Waals surface area contributed by atoms with Crippen molar-refractivity contribution in [2.45, 2.75) is 57.8 Å². The van der Waals surface area contributed by atoms with Crippen molar-refractivity contribution in [1.29, 1.82) is 0 Å². The molecule has 0 bridgehead atoms. The molecule has 13 heteroatoms. The fourth-order valence-corrected chi connectivity index (χ4v) is 7.34. The van der Waals surface area contributed by atoms with Gasteiger partial charge in [-0.2, -0.15) is 5.10 Å². The van der Waals surface area contributed by atoms with Crippen LogP contribution in [0.3, 0.4) is 0 Å². The zero-order chi connectivity index (χ0) is 34.8. The molecule has 5 heterocycles. The first-order valence-electron chi connectivity index (χ1n) is 16.7. The minimum Gasteiger partial charge on any atom is -0.481 e. The summed E-state index contributed by atoms with van der Waals surface area (Å²) in [5.41, 5.74) is 8.18. The number of amides is 2. The molecule has 2 saturated heterocycles. The van der Waals surface area contributed by atoms with E-state index in [1.54, 1.807) is 11.6 Å². The molecule has 0 unspecified atom stereocenters. The third kappa shape index (κ3) is 7.04. The van der Waals surface area contributed by atoms with Crippen molar-refractivity contribution >= 4 is 40.7 Å². The summed E-state index contributed by atoms with van der Waals surface area (Å²) in [5.74, 6) is 0.712. The quantitative estimate of drug-likeness (QED) is 0.134. The van der Waals surface area contributed by atoms with Crippen LogP contribution in [0.5, 0.6) is 5.88 Å². The van der Waals surface area contributed by atoms with Gasteiger partial charge < -0.3 is 26.0 Å². The SMILES string of the molecule is COc1nc(-c2cccc(-c3cccc(-c4cnc5c(CNC[C@@H]6CCC(=O)N6)c(C)nn5c4)c3Cl)c2Cl)ccc1CNC[C@H]1CCC(=O)N1. The molecule has 0 aliphatic carbocycles. The summed E-state index contributed by atoms with van der Waals surface area (Å²) in [4.78, 5) is 32.6. The standard InChI is InChI=1S/C37H38Cl2N8O3/c1-21-30(19-41-18-25-11-14-33(49)44-25)36-42-16-23(20-47(36)46-21)26-5-3-6-27(34(26)38)28-7-4-8-29(35(28)39)31-12-9-22(37(45-31)50-2)15-40-17-24-10-13-32(48)43-24/h3-9,12,16,20,24-25,40-41H,10-11,13-15,17-19H2,1-2H3,(H,43,48)(H,44,49)/t24-,25+/m1/s1. The number of nitrogens with one attached hydrogen (secondary N) is 4. The molecule has 3 aromatic heterocycles. The molecule has 258 valence electrons. The highest BCUT2D eigenvalue weighted by atomic mass is 35.5. The van der Waals surface area contributed by atoms with E-state index in [1.165, 1.54) is 0 Å². The van der Waals surface area contributed by atoms with E-state index in [9.17, 15) is 9.59 Å². The number of halogens is 2. The molecule has 2 amide bonds. The molecule has 50 heavy (non-hydrogen) atoms. The van der Waals surface area contributed by atoms with Crippen molar-refractivity contribution in [1.82, 2.24) is 40.8 Å². The molecule has 2 aliphatic rings. The minimum atomic E-state index is 0.0996. The molecule has 2 atom stereocenters. The van der Waals surface area contributed by atoms with Gasteiger partial charge in [0.25, 0.3) is 0 Å². The topological polar surface area (TPSA) is 135 Å². The molecule has 5 aromatic rings. The third-order valence-corrected chi connectivity index (χ3v) is 10.2. The van der Waals surface area contributed by atoms with Crippen LogP contribution in [-0.2, 0) is 22.7 Å². The van der Waals surface area contributed by atoms with E-state index in [0.29, 0.717) is 60.6 Å². The first-order valence-corrected chi connectivity index (χ1v) is 17.5. The number of aryl methyl sites for hydroxylation is 1. The number of carbonyl (C=O) groups excluding carboxylic acids is 2. The lowest BCUT2D eigenvalue weighted by Crippen LogP contribution is -2.35. The Morgan fingerprint density at radius 2 is 1.48 bits per heavy atom. The normalized spacial score (nSPS) is 17.4. The molecule has 2 aromatic carbocycles. The van der Waals surface area contributed by atoms with Gasteiger partial charge in [0, 0.05) is 102 Å². The zero-order valence-electron chi connectivity index (χ0n) is 27.9. The average Bonchev–Trinajstić information content (AvgIpc) is 3.82. The van der Waals surface area contributed by atoms with Crippen LogP contribution < -0.4 is 26.0 Å². The number of hydrogen-bond donors (Lipinski definition) is 4. The predicted molar refractivity (Wildman–Crippen MR) is 194 cm³/mol. The highest BCUT2D eigenvalue weighted by Gasteiger charge is 2.22. The van der Waals surface area contributed by atoms with Gasteiger partial charge in [0.2, 0.25) is 17.7 Å². The highest BCUT2D eigenvalue weighted by molar-refractivity contribution is 6.39. The minimum absolute atomic E-state index is 0.0996. The third-order valence-electron chi connectivity index (χ3n) is 9.34. The highest BCUT2D eigenvalue weighted by Crippen LogP contribution is 2.42. The van der Waals surface area contributed by atoms with E-state index in [4.69, 9.17) is 43.0 Å². The fraction of sp³-hybridized carbons (Fsp3) is 0.324. The van der Waals surface area contributed by atoms with E-state index in [0.717, 1.165) is 63.1 Å². The number of carbonyl (C=O) groups is 2. The van der Waals surface area contributed by atoms with E-state index in [1.807, 2.05) is 67.8 Å². The van der Waals surface area contributed by atoms with Gasteiger partial charge in [-0.3, -0.25) is 9.59 Å². The van der Waals surface area contributed by atoms with Crippen LogP contribution in [0.1, 0.15) is 42.5 Å². The number of benzene rings is 2. The number of fused-ring (bicyclic) bond motifs is 1. The van der Waals surface area contributed by atoms with Crippen LogP contribution in [-0.4, -0.2) is 63.7 Å². The number of hydrogen-bond acceptors (Lipinski definition) is 8. The van der Waals surface area contributed by atoms with Crippen molar-refractivity contribution in [3.8, 4) is 39.4 Å². The molecule has 11 nitrogen and oxygen atoms in total. The van der Waals surface area contributed by atoms with Crippen molar-refractivity contribution in [2.75, 3.05) is 20.2 Å². The van der Waals surface area contributed by atoms with Crippen molar-refractivity contribution in [3.63, 3.8) is 0 Å². The van der Waals surface area contributed by atoms with Gasteiger partial charge in [0.15, 0.2) is 5.65 Å². The van der Waals surface area contributed by atoms with Crippen LogP contribution in [0.2, 0.25) is 10.0 Å². The summed E-state index contributed by atoms with van der Waals surface area (Å²) in [6, 6.07) is 15.9. The van der Waals surface area contributed by atoms with E-state index in [2.05, 4.69) is 21.3 Å². The molecule has 0 radical (unpaired) electrons. The number of aromatic nitrogens is 4. The molecule has 7 rings (SSSR count). The lowest BCUT2D eigenvalue weighted by atomic mass is 9.97. The van der Waals surface area contributed by atoms with Gasteiger partial charge in [0.1, 0.15) is 0 Å². The van der Waals surface area contributed by atoms with Gasteiger partial charge in [-0.1, -0.05) is 65.7 Å². The Morgan fingerprint density at radius 1 is 0.860 bits per heavy atom. The van der Waals surface area contributed by atoms with E-state index < -0.39 is 0 Å². The van der Waals surface area contributed by atoms with E-state index in [-0.39, 0.29) is 23.9 Å². The Bertz CT molecular complexity index is 2080. The Hall–Kier alpha value is -4.55. The van der Waals surface area contributed by atoms with Crippen LogP contribution in [0.4, 0.5) is 0 Å². The maximum Gasteiger partial charge on any atom is 0.220 e. The Morgan fingerprint density at radius 3 is 2.12 bits per heavy atom. The second-order valence-corrected chi connectivity index (χ2v) is 13.5. The van der Waals surface area contributed by atoms with Crippen LogP contribution >= 0.6 is 23.2 Å². The van der Waals surface area contributed by atoms with Crippen LogP contribution in [0, 0.1) is 6.92 Å². The zero-order valence-corrected chi connectivity index (χ0v) is 29.4. The van der Waals surface area contributed by atoms with Gasteiger partial charge in [0.05, 0.1) is 28.5 Å². The first-order chi connectivity index (χ1) is 24.3. The Balaban J connectivity index is 1.11. The van der Waals surface area contributed by atoms with Gasteiger partial charge in [-0.05, 0) is 25.8 Å². The number of nitrogens with zero attached hydrogens (tertiary/aromatic N) is 4. The summed E-state index contributed by atoms with van der Waals surface area (Å²) in [5, 5.41) is 18.6. The number of rotatable bonds is 12. The maximum atomic E-state index is 11.5. The molecule has 2 fully saturated rings. The Labute approximate surface area is 300 Å². The monoisotopic (exact) mass is 712 g/mol. The summed E-state index contributed by atoms with van der Waals surface area (Å²) < 4.78 is 7.45. The number of ether oxygens (including phenoxy) is 1. The summed E-state index contributed by atoms with van der Waals surface area (Å²) in [6.45, 7) is 4.50. The van der Waals surface area contributed by atoms with E-state index >= 15 is 0 Å². The van der Waals surface area contributed by atoms with Crippen molar-refractivity contribution in [3.05, 3.63) is 87.8 Å². The predicted octanol–water partition coefficient (Wildman–Crippen LogP) is 5.49. The van der Waals surface area contributed by atoms with Gasteiger partial charge in [-0.25, -0.2) is 14.5 Å². The second kappa shape index (κ2) is 14.7. The molecule has 0 saturated carbocycles. The largest absolute Gasteiger partial charge is 0.481 e.